The van der Waals surface area contributed by atoms with E-state index in [1.54, 1.807) is 41.5 Å². The third kappa shape index (κ3) is 6.40. The molecule has 0 fully saturated rings. The summed E-state index contributed by atoms with van der Waals surface area (Å²) in [5, 5.41) is 8.99. The molecule has 1 atom stereocenters. The van der Waals surface area contributed by atoms with Crippen molar-refractivity contribution in [2.45, 2.75) is 65.7 Å². The summed E-state index contributed by atoms with van der Waals surface area (Å²) in [6.07, 6.45) is -2.11. The number of imide groups is 1. The quantitative estimate of drug-likeness (QED) is 0.840. The molecule has 0 aliphatic carbocycles. The lowest BCUT2D eigenvalue weighted by molar-refractivity contribution is -0.142. The summed E-state index contributed by atoms with van der Waals surface area (Å²) >= 11 is 0. The van der Waals surface area contributed by atoms with Crippen molar-refractivity contribution in [3.63, 3.8) is 0 Å². The third-order valence-electron chi connectivity index (χ3n) is 1.93. The number of nitrogens with zero attached hydrogens (tertiary/aromatic N) is 1. The Balaban J connectivity index is 5.24. The summed E-state index contributed by atoms with van der Waals surface area (Å²) < 4.78 is 10.1. The number of ether oxygens (including phenoxy) is 2. The monoisotopic (exact) mass is 289 g/mol. The fourth-order valence-electron chi connectivity index (χ4n) is 1.12. The molecule has 0 aromatic heterocycles. The number of rotatable bonds is 2. The largest absolute Gasteiger partial charge is 0.480 e. The van der Waals surface area contributed by atoms with Gasteiger partial charge in [-0.3, -0.25) is 0 Å². The molecule has 20 heavy (non-hydrogen) atoms. The van der Waals surface area contributed by atoms with Crippen molar-refractivity contribution in [3.05, 3.63) is 0 Å². The van der Waals surface area contributed by atoms with Crippen molar-refractivity contribution in [2.24, 2.45) is 0 Å². The zero-order chi connectivity index (χ0) is 16.3. The highest BCUT2D eigenvalue weighted by Crippen LogP contribution is 2.16. The topological polar surface area (TPSA) is 93.1 Å². The molecule has 7 nitrogen and oxygen atoms in total. The molecule has 0 rings (SSSR count). The van der Waals surface area contributed by atoms with Gasteiger partial charge in [0.2, 0.25) is 0 Å². The number of hydrogen-bond acceptors (Lipinski definition) is 5. The molecule has 0 aromatic carbocycles. The van der Waals surface area contributed by atoms with Crippen molar-refractivity contribution in [1.29, 1.82) is 0 Å². The summed E-state index contributed by atoms with van der Waals surface area (Å²) in [6.45, 7) is 10.9. The van der Waals surface area contributed by atoms with Crippen LogP contribution in [0.25, 0.3) is 0 Å². The Hall–Kier alpha value is -1.79. The van der Waals surface area contributed by atoms with Crippen LogP contribution in [-0.2, 0) is 14.3 Å². The smallest absolute Gasteiger partial charge is 0.420 e. The Labute approximate surface area is 118 Å². The molecular weight excluding hydrogens is 266 g/mol. The lowest BCUT2D eigenvalue weighted by atomic mass is 10.2. The second-order valence-electron chi connectivity index (χ2n) is 6.34. The van der Waals surface area contributed by atoms with E-state index in [1.165, 1.54) is 6.92 Å². The number of hydrogen-bond donors (Lipinski definition) is 1. The van der Waals surface area contributed by atoms with Gasteiger partial charge in [0, 0.05) is 0 Å². The molecule has 0 spiro atoms. The van der Waals surface area contributed by atoms with Gasteiger partial charge in [0.25, 0.3) is 0 Å². The lowest BCUT2D eigenvalue weighted by Crippen LogP contribution is -2.50. The molecule has 0 aliphatic rings. The van der Waals surface area contributed by atoms with Crippen molar-refractivity contribution in [1.82, 2.24) is 4.90 Å². The van der Waals surface area contributed by atoms with E-state index in [9.17, 15) is 14.4 Å². The SMILES string of the molecule is CC(C(=O)O)N(C(=O)OC(C)(C)C)C(=O)OC(C)(C)C. The number of carboxylic acid groups (broad SMARTS) is 1. The normalized spacial score (nSPS) is 13.3. The van der Waals surface area contributed by atoms with E-state index in [1.807, 2.05) is 0 Å². The van der Waals surface area contributed by atoms with Crippen LogP contribution in [0.15, 0.2) is 0 Å². The number of carbonyl (C=O) groups excluding carboxylic acids is 2. The Bertz CT molecular complexity index is 363. The highest BCUT2D eigenvalue weighted by atomic mass is 16.6. The number of aliphatic carboxylic acids is 1. The number of amides is 2. The predicted octanol–water partition coefficient (Wildman–Crippen LogP) is 2.63. The molecule has 0 aromatic rings. The molecule has 0 heterocycles. The third-order valence-corrected chi connectivity index (χ3v) is 1.93. The summed E-state index contributed by atoms with van der Waals surface area (Å²) in [5.41, 5.74) is -1.70. The Morgan fingerprint density at radius 3 is 1.40 bits per heavy atom. The average molecular weight is 289 g/mol. The van der Waals surface area contributed by atoms with E-state index in [4.69, 9.17) is 14.6 Å². The van der Waals surface area contributed by atoms with Gasteiger partial charge in [-0.1, -0.05) is 0 Å². The van der Waals surface area contributed by atoms with Crippen LogP contribution in [0.4, 0.5) is 9.59 Å². The van der Waals surface area contributed by atoms with Crippen LogP contribution in [0.2, 0.25) is 0 Å². The summed E-state index contributed by atoms with van der Waals surface area (Å²) in [4.78, 5) is 35.4. The van der Waals surface area contributed by atoms with Gasteiger partial charge in [0.1, 0.15) is 17.2 Å². The van der Waals surface area contributed by atoms with Gasteiger partial charge in [0.15, 0.2) is 0 Å². The van der Waals surface area contributed by atoms with Crippen LogP contribution in [-0.4, -0.2) is 45.4 Å². The Morgan fingerprint density at radius 1 is 0.900 bits per heavy atom. The first-order chi connectivity index (χ1) is 8.74. The Morgan fingerprint density at radius 2 is 1.20 bits per heavy atom. The maximum atomic E-state index is 12.0. The number of carboxylic acids is 1. The maximum absolute atomic E-state index is 12.0. The van der Waals surface area contributed by atoms with Gasteiger partial charge in [-0.15, -0.1) is 0 Å². The molecular formula is C13H23NO6. The molecule has 116 valence electrons. The molecule has 0 aliphatic heterocycles. The van der Waals surface area contributed by atoms with E-state index < -0.39 is 35.4 Å². The van der Waals surface area contributed by atoms with E-state index in [0.717, 1.165) is 0 Å². The first kappa shape index (κ1) is 18.2. The van der Waals surface area contributed by atoms with E-state index in [2.05, 4.69) is 0 Å². The molecule has 0 bridgehead atoms. The van der Waals surface area contributed by atoms with Crippen LogP contribution in [0.1, 0.15) is 48.5 Å². The average Bonchev–Trinajstić information content (AvgIpc) is 2.10. The van der Waals surface area contributed by atoms with Crippen molar-refractivity contribution < 1.29 is 29.0 Å². The molecule has 0 saturated carbocycles. The second-order valence-corrected chi connectivity index (χ2v) is 6.34. The number of carbonyl (C=O) groups is 3. The van der Waals surface area contributed by atoms with Gasteiger partial charge in [-0.2, -0.15) is 4.90 Å². The highest BCUT2D eigenvalue weighted by Gasteiger charge is 2.37. The van der Waals surface area contributed by atoms with Crippen LogP contribution >= 0.6 is 0 Å². The summed E-state index contributed by atoms with van der Waals surface area (Å²) in [6, 6.07) is -1.39. The minimum atomic E-state index is -1.39. The molecule has 1 N–H and O–H groups in total. The van der Waals surface area contributed by atoms with Crippen LogP contribution in [0.5, 0.6) is 0 Å². The molecule has 7 heteroatoms. The molecule has 1 unspecified atom stereocenters. The summed E-state index contributed by atoms with van der Waals surface area (Å²) in [5.74, 6) is -1.33. The van der Waals surface area contributed by atoms with Crippen LogP contribution < -0.4 is 0 Å². The first-order valence-electron chi connectivity index (χ1n) is 6.22. The second kappa shape index (κ2) is 6.11. The van der Waals surface area contributed by atoms with Crippen LogP contribution in [0.3, 0.4) is 0 Å². The van der Waals surface area contributed by atoms with Gasteiger partial charge < -0.3 is 14.6 Å². The zero-order valence-corrected chi connectivity index (χ0v) is 13.0. The Kier molecular flexibility index (Phi) is 5.56. The predicted molar refractivity (Wildman–Crippen MR) is 71.4 cm³/mol. The maximum Gasteiger partial charge on any atom is 0.420 e. The molecule has 0 radical (unpaired) electrons. The van der Waals surface area contributed by atoms with Gasteiger partial charge >= 0.3 is 18.2 Å². The van der Waals surface area contributed by atoms with Gasteiger partial charge in [-0.25, -0.2) is 14.4 Å². The van der Waals surface area contributed by atoms with Crippen LogP contribution in [0, 0.1) is 0 Å². The van der Waals surface area contributed by atoms with E-state index in [0.29, 0.717) is 4.90 Å². The fraction of sp³-hybridized carbons (Fsp3) is 0.769. The van der Waals surface area contributed by atoms with Gasteiger partial charge in [0.05, 0.1) is 0 Å². The molecule has 2 amide bonds. The standard InChI is InChI=1S/C13H23NO6/c1-8(9(15)16)14(10(17)19-12(2,3)4)11(18)20-13(5,6)7/h8H,1-7H3,(H,15,16). The van der Waals surface area contributed by atoms with Gasteiger partial charge in [-0.05, 0) is 48.5 Å². The summed E-state index contributed by atoms with van der Waals surface area (Å²) in [7, 11) is 0. The lowest BCUT2D eigenvalue weighted by Gasteiger charge is -2.30. The molecule has 0 saturated heterocycles. The highest BCUT2D eigenvalue weighted by molar-refractivity contribution is 5.93. The van der Waals surface area contributed by atoms with E-state index >= 15 is 0 Å². The minimum Gasteiger partial charge on any atom is -0.480 e. The first-order valence-corrected chi connectivity index (χ1v) is 6.22. The van der Waals surface area contributed by atoms with Crippen molar-refractivity contribution in [3.8, 4) is 0 Å². The zero-order valence-electron chi connectivity index (χ0n) is 13.0. The minimum absolute atomic E-state index is 0.457. The van der Waals surface area contributed by atoms with Crippen molar-refractivity contribution >= 4 is 18.2 Å². The van der Waals surface area contributed by atoms with E-state index in [-0.39, 0.29) is 0 Å². The van der Waals surface area contributed by atoms with Crippen molar-refractivity contribution in [2.75, 3.05) is 0 Å². The fourth-order valence-corrected chi connectivity index (χ4v) is 1.12.